The SMILES string of the molecule is CC(NC(=O)CN(C)C)[C@H]1C(=O)N2C(C(=O)O)=C(S[C@@H]3CN[C@H](C(=O)N4CCNCC4)C3)[C@H](C)[C@H]12. The van der Waals surface area contributed by atoms with Gasteiger partial charge in [0.2, 0.25) is 17.7 Å². The highest BCUT2D eigenvalue weighted by molar-refractivity contribution is 8.03. The standard InChI is InChI=1S/C23H36N6O5S/c1-12-18-17(13(2)26-16(30)11-27(3)4)22(32)29(18)19(23(33)34)20(12)35-14-9-15(25-10-14)21(31)28-7-5-24-6-8-28/h12-15,17-18,24-25H,5-11H2,1-4H3,(H,26,30)(H,33,34)/t12-,13?,14+,15+,17-,18-/m1/s1. The fourth-order valence-corrected chi connectivity index (χ4v) is 7.12. The van der Waals surface area contributed by atoms with E-state index in [0.29, 0.717) is 31.0 Å². The van der Waals surface area contributed by atoms with E-state index in [4.69, 9.17) is 0 Å². The number of nitrogens with zero attached hydrogens (tertiary/aromatic N) is 3. The van der Waals surface area contributed by atoms with E-state index in [1.54, 1.807) is 25.9 Å². The van der Waals surface area contributed by atoms with Crippen molar-refractivity contribution in [3.63, 3.8) is 0 Å². The second-order valence-electron chi connectivity index (χ2n) is 10.1. The number of nitrogens with one attached hydrogen (secondary N) is 3. The van der Waals surface area contributed by atoms with Crippen LogP contribution in [-0.4, -0.2) is 120 Å². The molecule has 194 valence electrons. The molecule has 0 aromatic carbocycles. The number of carbonyl (C=O) groups is 4. The molecule has 6 atom stereocenters. The van der Waals surface area contributed by atoms with Crippen LogP contribution < -0.4 is 16.0 Å². The second kappa shape index (κ2) is 10.5. The van der Waals surface area contributed by atoms with E-state index in [9.17, 15) is 24.3 Å². The number of aliphatic carboxylic acids is 1. The van der Waals surface area contributed by atoms with Gasteiger partial charge in [-0.3, -0.25) is 14.4 Å². The number of thioether (sulfide) groups is 1. The Kier molecular flexibility index (Phi) is 7.74. The van der Waals surface area contributed by atoms with E-state index in [-0.39, 0.29) is 53.2 Å². The van der Waals surface area contributed by atoms with Gasteiger partial charge in [0.05, 0.1) is 24.5 Å². The summed E-state index contributed by atoms with van der Waals surface area (Å²) in [4.78, 5) is 56.1. The number of fused-ring (bicyclic) bond motifs is 1. The van der Waals surface area contributed by atoms with Crippen molar-refractivity contribution in [1.82, 2.24) is 30.7 Å². The summed E-state index contributed by atoms with van der Waals surface area (Å²) in [7, 11) is 3.59. The molecule has 0 saturated carbocycles. The fourth-order valence-electron chi connectivity index (χ4n) is 5.64. The molecule has 11 nitrogen and oxygen atoms in total. The summed E-state index contributed by atoms with van der Waals surface area (Å²) in [5, 5.41) is 19.5. The highest BCUT2D eigenvalue weighted by atomic mass is 32.2. The van der Waals surface area contributed by atoms with Gasteiger partial charge in [-0.05, 0) is 27.4 Å². The molecular weight excluding hydrogens is 472 g/mol. The first-order valence-corrected chi connectivity index (χ1v) is 13.1. The van der Waals surface area contributed by atoms with Gasteiger partial charge < -0.3 is 35.8 Å². The highest BCUT2D eigenvalue weighted by Crippen LogP contribution is 2.51. The molecular formula is C23H36N6O5S. The minimum atomic E-state index is -1.11. The molecule has 0 aromatic heterocycles. The first-order valence-electron chi connectivity index (χ1n) is 12.2. The van der Waals surface area contributed by atoms with Gasteiger partial charge in [-0.15, -0.1) is 11.8 Å². The summed E-state index contributed by atoms with van der Waals surface area (Å²) in [6.45, 7) is 7.57. The first kappa shape index (κ1) is 25.9. The number of hydrogen-bond acceptors (Lipinski definition) is 8. The van der Waals surface area contributed by atoms with Crippen molar-refractivity contribution >= 4 is 35.5 Å². The molecule has 4 rings (SSSR count). The van der Waals surface area contributed by atoms with Crippen molar-refractivity contribution in [3.8, 4) is 0 Å². The van der Waals surface area contributed by atoms with Crippen molar-refractivity contribution in [1.29, 1.82) is 0 Å². The minimum absolute atomic E-state index is 0.0446. The zero-order chi connectivity index (χ0) is 25.4. The van der Waals surface area contributed by atoms with Crippen LogP contribution in [0.5, 0.6) is 0 Å². The Labute approximate surface area is 210 Å². The number of likely N-dealkylation sites (N-methyl/N-ethyl adjacent to an activating group) is 1. The van der Waals surface area contributed by atoms with Gasteiger partial charge in [0.15, 0.2) is 0 Å². The maximum Gasteiger partial charge on any atom is 0.353 e. The molecule has 4 aliphatic rings. The van der Waals surface area contributed by atoms with E-state index in [1.165, 1.54) is 16.7 Å². The monoisotopic (exact) mass is 508 g/mol. The lowest BCUT2D eigenvalue weighted by Crippen LogP contribution is -2.66. The van der Waals surface area contributed by atoms with Crippen molar-refractivity contribution in [2.75, 3.05) is 53.4 Å². The molecule has 4 N–H and O–H groups in total. The van der Waals surface area contributed by atoms with Crippen LogP contribution in [0.3, 0.4) is 0 Å². The van der Waals surface area contributed by atoms with E-state index < -0.39 is 17.9 Å². The predicted octanol–water partition coefficient (Wildman–Crippen LogP) is -1.28. The van der Waals surface area contributed by atoms with Crippen LogP contribution in [0.4, 0.5) is 0 Å². The molecule has 12 heteroatoms. The molecule has 0 aliphatic carbocycles. The third kappa shape index (κ3) is 5.07. The molecule has 4 aliphatic heterocycles. The lowest BCUT2D eigenvalue weighted by Gasteiger charge is -2.47. The average molecular weight is 509 g/mol. The van der Waals surface area contributed by atoms with Crippen LogP contribution in [0.1, 0.15) is 20.3 Å². The van der Waals surface area contributed by atoms with E-state index >= 15 is 0 Å². The number of carboxylic acids is 1. The largest absolute Gasteiger partial charge is 0.477 e. The van der Waals surface area contributed by atoms with E-state index in [2.05, 4.69) is 16.0 Å². The summed E-state index contributed by atoms with van der Waals surface area (Å²) < 4.78 is 0. The lowest BCUT2D eigenvalue weighted by atomic mass is 9.78. The quantitative estimate of drug-likeness (QED) is 0.296. The van der Waals surface area contributed by atoms with Gasteiger partial charge in [-0.1, -0.05) is 6.92 Å². The van der Waals surface area contributed by atoms with Crippen LogP contribution in [0.2, 0.25) is 0 Å². The molecule has 4 heterocycles. The third-order valence-electron chi connectivity index (χ3n) is 7.29. The second-order valence-corrected chi connectivity index (χ2v) is 11.5. The van der Waals surface area contributed by atoms with Gasteiger partial charge in [0, 0.05) is 54.8 Å². The van der Waals surface area contributed by atoms with Crippen molar-refractivity contribution < 1.29 is 24.3 Å². The molecule has 0 bridgehead atoms. The maximum atomic E-state index is 13.0. The number of piperazine rings is 1. The zero-order valence-electron chi connectivity index (χ0n) is 20.7. The van der Waals surface area contributed by atoms with Crippen molar-refractivity contribution in [2.24, 2.45) is 11.8 Å². The van der Waals surface area contributed by atoms with Crippen LogP contribution >= 0.6 is 11.8 Å². The fraction of sp³-hybridized carbons (Fsp3) is 0.739. The topological polar surface area (TPSA) is 134 Å². The predicted molar refractivity (Wildman–Crippen MR) is 131 cm³/mol. The highest BCUT2D eigenvalue weighted by Gasteiger charge is 2.60. The summed E-state index contributed by atoms with van der Waals surface area (Å²) in [5.41, 5.74) is 0.0532. The number of carbonyl (C=O) groups excluding carboxylic acids is 3. The van der Waals surface area contributed by atoms with Gasteiger partial charge in [0.25, 0.3) is 0 Å². The van der Waals surface area contributed by atoms with Gasteiger partial charge >= 0.3 is 5.97 Å². The Hall–Kier alpha value is -2.15. The van der Waals surface area contributed by atoms with Gasteiger partial charge in [-0.25, -0.2) is 4.79 Å². The van der Waals surface area contributed by atoms with Crippen LogP contribution in [0, 0.1) is 11.8 Å². The van der Waals surface area contributed by atoms with E-state index in [1.807, 2.05) is 11.8 Å². The van der Waals surface area contributed by atoms with Crippen LogP contribution in [-0.2, 0) is 19.2 Å². The summed E-state index contributed by atoms with van der Waals surface area (Å²) in [5.74, 6) is -2.07. The minimum Gasteiger partial charge on any atom is -0.477 e. The molecule has 3 saturated heterocycles. The van der Waals surface area contributed by atoms with Gasteiger partial charge in [0.1, 0.15) is 5.70 Å². The Morgan fingerprint density at radius 2 is 1.94 bits per heavy atom. The first-order chi connectivity index (χ1) is 16.6. The number of rotatable bonds is 8. The number of β-lactam (4-membered cyclic amide) rings is 1. The third-order valence-corrected chi connectivity index (χ3v) is 8.80. The molecule has 0 spiro atoms. The summed E-state index contributed by atoms with van der Waals surface area (Å²) in [6.07, 6.45) is 0.621. The zero-order valence-corrected chi connectivity index (χ0v) is 21.6. The summed E-state index contributed by atoms with van der Waals surface area (Å²) >= 11 is 1.48. The molecule has 1 unspecified atom stereocenters. The number of amides is 3. The molecule has 3 amide bonds. The normalized spacial score (nSPS) is 31.5. The number of hydrogen-bond donors (Lipinski definition) is 4. The molecule has 0 aromatic rings. The molecule has 3 fully saturated rings. The average Bonchev–Trinajstić information content (AvgIpc) is 3.35. The van der Waals surface area contributed by atoms with Crippen molar-refractivity contribution in [3.05, 3.63) is 10.6 Å². The van der Waals surface area contributed by atoms with E-state index in [0.717, 1.165) is 13.1 Å². The smallest absolute Gasteiger partial charge is 0.353 e. The maximum absolute atomic E-state index is 13.0. The molecule has 0 radical (unpaired) electrons. The van der Waals surface area contributed by atoms with Crippen molar-refractivity contribution in [2.45, 2.75) is 43.6 Å². The van der Waals surface area contributed by atoms with Crippen LogP contribution in [0.25, 0.3) is 0 Å². The Morgan fingerprint density at radius 1 is 1.26 bits per heavy atom. The Balaban J connectivity index is 1.42. The van der Waals surface area contributed by atoms with Crippen LogP contribution in [0.15, 0.2) is 10.6 Å². The summed E-state index contributed by atoms with van der Waals surface area (Å²) in [6, 6.07) is -0.958. The van der Waals surface area contributed by atoms with Gasteiger partial charge in [-0.2, -0.15) is 0 Å². The lowest BCUT2D eigenvalue weighted by molar-refractivity contribution is -0.158. The Bertz CT molecular complexity index is 920. The molecule has 35 heavy (non-hydrogen) atoms. The number of carboxylic acid groups (broad SMARTS) is 1. The Morgan fingerprint density at radius 3 is 2.57 bits per heavy atom.